The van der Waals surface area contributed by atoms with Crippen LogP contribution in [-0.4, -0.2) is 67.2 Å². The van der Waals surface area contributed by atoms with E-state index in [0.717, 1.165) is 70.4 Å². The number of fused-ring (bicyclic) bond motifs is 1. The molecule has 0 aliphatic carbocycles. The highest BCUT2D eigenvalue weighted by Crippen LogP contribution is 2.29. The normalized spacial score (nSPS) is 12.3. The molecule has 9 heteroatoms. The van der Waals surface area contributed by atoms with E-state index < -0.39 is 10.0 Å². The van der Waals surface area contributed by atoms with Crippen LogP contribution in [0.5, 0.6) is 0 Å². The van der Waals surface area contributed by atoms with Crippen molar-refractivity contribution in [3.05, 3.63) is 12.1 Å². The number of nitrogens with zero attached hydrogens (tertiary/aromatic N) is 4. The highest BCUT2D eigenvalue weighted by molar-refractivity contribution is 7.89. The zero-order valence-corrected chi connectivity index (χ0v) is 24.6. The van der Waals surface area contributed by atoms with Gasteiger partial charge in [0, 0.05) is 26.2 Å². The standard InChI is InChI=1S/C28H51N5O3S/c1-5-9-11-13-15-17-22-33(23-18-16-14-12-10-6-2)37(34,35)26-20-19-25(27-28(26)31-36-30-27)29-21-24-32(7-3)8-4/h19-20,29H,5-18,21-24H2,1-4H3. The van der Waals surface area contributed by atoms with Crippen molar-refractivity contribution >= 4 is 26.7 Å². The van der Waals surface area contributed by atoms with E-state index in [0.29, 0.717) is 24.1 Å². The third-order valence-corrected chi connectivity index (χ3v) is 9.09. The van der Waals surface area contributed by atoms with Gasteiger partial charge in [-0.25, -0.2) is 13.0 Å². The van der Waals surface area contributed by atoms with Gasteiger partial charge < -0.3 is 10.2 Å². The van der Waals surface area contributed by atoms with E-state index in [-0.39, 0.29) is 4.90 Å². The molecule has 0 saturated carbocycles. The van der Waals surface area contributed by atoms with Crippen molar-refractivity contribution in [3.63, 3.8) is 0 Å². The smallest absolute Gasteiger partial charge is 0.245 e. The molecule has 0 fully saturated rings. The van der Waals surface area contributed by atoms with Gasteiger partial charge in [-0.15, -0.1) is 0 Å². The van der Waals surface area contributed by atoms with Crippen molar-refractivity contribution in [1.29, 1.82) is 0 Å². The molecule has 0 unspecified atom stereocenters. The molecule has 1 aromatic heterocycles. The van der Waals surface area contributed by atoms with Crippen molar-refractivity contribution in [3.8, 4) is 0 Å². The zero-order valence-electron chi connectivity index (χ0n) is 23.8. The molecular weight excluding hydrogens is 486 g/mol. The lowest BCUT2D eigenvalue weighted by Crippen LogP contribution is -2.33. The van der Waals surface area contributed by atoms with Crippen LogP contribution in [0.3, 0.4) is 0 Å². The summed E-state index contributed by atoms with van der Waals surface area (Å²) in [5.74, 6) is 0. The average molecular weight is 538 g/mol. The Balaban J connectivity index is 2.14. The molecule has 37 heavy (non-hydrogen) atoms. The van der Waals surface area contributed by atoms with Crippen LogP contribution in [0.1, 0.15) is 105 Å². The number of anilines is 1. The number of hydrogen-bond donors (Lipinski definition) is 1. The van der Waals surface area contributed by atoms with Gasteiger partial charge in [0.25, 0.3) is 0 Å². The Morgan fingerprint density at radius 1 is 0.730 bits per heavy atom. The molecule has 0 atom stereocenters. The molecule has 0 bridgehead atoms. The predicted octanol–water partition coefficient (Wildman–Crippen LogP) is 6.69. The number of benzene rings is 1. The highest BCUT2D eigenvalue weighted by Gasteiger charge is 2.28. The third kappa shape index (κ3) is 10.2. The molecule has 0 saturated heterocycles. The molecular formula is C28H51N5O3S. The van der Waals surface area contributed by atoms with Gasteiger partial charge in [-0.1, -0.05) is 91.9 Å². The summed E-state index contributed by atoms with van der Waals surface area (Å²) in [4.78, 5) is 2.52. The van der Waals surface area contributed by atoms with Crippen LogP contribution in [0.4, 0.5) is 5.69 Å². The summed E-state index contributed by atoms with van der Waals surface area (Å²) in [6.45, 7) is 13.4. The summed E-state index contributed by atoms with van der Waals surface area (Å²) < 4.78 is 34.4. The quantitative estimate of drug-likeness (QED) is 0.167. The van der Waals surface area contributed by atoms with Crippen molar-refractivity contribution in [2.75, 3.05) is 44.6 Å². The minimum absolute atomic E-state index is 0.190. The van der Waals surface area contributed by atoms with E-state index in [1.54, 1.807) is 16.4 Å². The van der Waals surface area contributed by atoms with Crippen LogP contribution >= 0.6 is 0 Å². The second kappa shape index (κ2) is 17.7. The van der Waals surface area contributed by atoms with Crippen molar-refractivity contribution < 1.29 is 13.0 Å². The Kier molecular flexibility index (Phi) is 15.1. The summed E-state index contributed by atoms with van der Waals surface area (Å²) in [6.07, 6.45) is 13.5. The molecule has 1 aromatic carbocycles. The predicted molar refractivity (Wildman–Crippen MR) is 154 cm³/mol. The topological polar surface area (TPSA) is 91.6 Å². The molecule has 212 valence electrons. The lowest BCUT2D eigenvalue weighted by Gasteiger charge is -2.23. The number of unbranched alkanes of at least 4 members (excludes halogenated alkanes) is 10. The van der Waals surface area contributed by atoms with E-state index in [9.17, 15) is 8.42 Å². The van der Waals surface area contributed by atoms with Crippen LogP contribution < -0.4 is 5.32 Å². The fraction of sp³-hybridized carbons (Fsp3) is 0.786. The molecule has 1 heterocycles. The molecule has 0 aliphatic rings. The first-order chi connectivity index (χ1) is 18.0. The number of aromatic nitrogens is 2. The van der Waals surface area contributed by atoms with E-state index >= 15 is 0 Å². The first kappa shape index (κ1) is 31.5. The minimum Gasteiger partial charge on any atom is -0.382 e. The molecule has 0 spiro atoms. The summed E-state index contributed by atoms with van der Waals surface area (Å²) in [6, 6.07) is 3.46. The Morgan fingerprint density at radius 3 is 1.84 bits per heavy atom. The second-order valence-corrected chi connectivity index (χ2v) is 11.9. The van der Waals surface area contributed by atoms with Gasteiger partial charge in [0.1, 0.15) is 4.90 Å². The number of rotatable bonds is 22. The van der Waals surface area contributed by atoms with E-state index in [1.807, 2.05) is 0 Å². The van der Waals surface area contributed by atoms with Gasteiger partial charge in [-0.3, -0.25) is 0 Å². The maximum absolute atomic E-state index is 13.9. The van der Waals surface area contributed by atoms with Crippen LogP contribution in [0, 0.1) is 0 Å². The first-order valence-electron chi connectivity index (χ1n) is 14.7. The van der Waals surface area contributed by atoms with Gasteiger partial charge in [-0.05, 0) is 48.4 Å². The number of hydrogen-bond acceptors (Lipinski definition) is 7. The Hall–Kier alpha value is -1.71. The van der Waals surface area contributed by atoms with Crippen molar-refractivity contribution in [1.82, 2.24) is 19.5 Å². The largest absolute Gasteiger partial charge is 0.382 e. The van der Waals surface area contributed by atoms with Crippen molar-refractivity contribution in [2.45, 2.75) is 110 Å². The molecule has 0 aliphatic heterocycles. The molecule has 8 nitrogen and oxygen atoms in total. The first-order valence-corrected chi connectivity index (χ1v) is 16.1. The monoisotopic (exact) mass is 537 g/mol. The second-order valence-electron chi connectivity index (χ2n) is 9.97. The summed E-state index contributed by atoms with van der Waals surface area (Å²) in [7, 11) is -3.72. The van der Waals surface area contributed by atoms with Crippen LogP contribution in [0.15, 0.2) is 21.7 Å². The summed E-state index contributed by atoms with van der Waals surface area (Å²) in [5, 5.41) is 11.5. The van der Waals surface area contributed by atoms with Gasteiger partial charge in [0.2, 0.25) is 10.0 Å². The maximum Gasteiger partial charge on any atom is 0.245 e. The number of likely N-dealkylation sites (N-methyl/N-ethyl adjacent to an activating group) is 1. The lowest BCUT2D eigenvalue weighted by atomic mass is 10.1. The zero-order chi connectivity index (χ0) is 26.9. The average Bonchev–Trinajstić information content (AvgIpc) is 3.39. The van der Waals surface area contributed by atoms with Gasteiger partial charge in [0.05, 0.1) is 5.69 Å². The molecule has 2 aromatic rings. The van der Waals surface area contributed by atoms with Crippen molar-refractivity contribution in [2.24, 2.45) is 0 Å². The molecule has 2 rings (SSSR count). The van der Waals surface area contributed by atoms with Gasteiger partial charge >= 0.3 is 0 Å². The Bertz CT molecular complexity index is 959. The molecule has 1 N–H and O–H groups in total. The van der Waals surface area contributed by atoms with E-state index in [1.165, 1.54) is 38.5 Å². The van der Waals surface area contributed by atoms with Crippen LogP contribution in [0.25, 0.3) is 11.0 Å². The lowest BCUT2D eigenvalue weighted by molar-refractivity contribution is 0.314. The Morgan fingerprint density at radius 2 is 1.27 bits per heavy atom. The molecule has 0 amide bonds. The Labute approximate surface area is 225 Å². The maximum atomic E-state index is 13.9. The third-order valence-electron chi connectivity index (χ3n) is 7.16. The van der Waals surface area contributed by atoms with Gasteiger partial charge in [-0.2, -0.15) is 4.31 Å². The number of sulfonamides is 1. The van der Waals surface area contributed by atoms with Crippen LogP contribution in [0.2, 0.25) is 0 Å². The summed E-state index contributed by atoms with van der Waals surface area (Å²) >= 11 is 0. The van der Waals surface area contributed by atoms with Gasteiger partial charge in [0.15, 0.2) is 11.0 Å². The fourth-order valence-corrected chi connectivity index (χ4v) is 6.35. The molecule has 0 radical (unpaired) electrons. The SMILES string of the molecule is CCCCCCCCN(CCCCCCCC)S(=O)(=O)c1ccc(NCCN(CC)CC)c2nonc12. The highest BCUT2D eigenvalue weighted by atomic mass is 32.2. The van der Waals surface area contributed by atoms with E-state index in [2.05, 4.69) is 48.2 Å². The van der Waals surface area contributed by atoms with E-state index in [4.69, 9.17) is 4.63 Å². The fourth-order valence-electron chi connectivity index (χ4n) is 4.71. The summed E-state index contributed by atoms with van der Waals surface area (Å²) in [5.41, 5.74) is 1.53. The number of nitrogens with one attached hydrogen (secondary N) is 1. The van der Waals surface area contributed by atoms with Crippen LogP contribution in [-0.2, 0) is 10.0 Å². The minimum atomic E-state index is -3.72.